The second-order valence-corrected chi connectivity index (χ2v) is 17.4. The first-order valence-electron chi connectivity index (χ1n) is 14.0. The molecule has 0 saturated carbocycles. The highest BCUT2D eigenvalue weighted by atomic mass is 32.2. The summed E-state index contributed by atoms with van der Waals surface area (Å²) in [6.45, 7) is 3.42. The molecule has 48 heavy (non-hydrogen) atoms. The third-order valence-corrected chi connectivity index (χ3v) is 12.5. The van der Waals surface area contributed by atoms with E-state index >= 15 is 0 Å². The van der Waals surface area contributed by atoms with Crippen molar-refractivity contribution in [2.24, 2.45) is 10.2 Å². The standard InChI is InChI=1S/C28H31N5O11S4/c1-3-13-45(35,36)20-9-5-18(6-10-20)30-32-26-22(47(39,40)41)15-17-16-23(48(42,43)44)27(28(34)24(17)25(26)29)33-31-19-7-11-21(12-8-19)46(37,38)14-4-2/h5-12,15-16,30,32,34H,3-4,13-14,29H2,1-2H3,(H,39,40,41)(H,42,43,44). The monoisotopic (exact) mass is 741 g/mol. The number of phenols is 1. The van der Waals surface area contributed by atoms with Crippen molar-refractivity contribution in [1.29, 1.82) is 0 Å². The number of hydrogen-bond donors (Lipinski definition) is 6. The van der Waals surface area contributed by atoms with Crippen LogP contribution in [0.1, 0.15) is 26.7 Å². The van der Waals surface area contributed by atoms with Crippen LogP contribution in [-0.2, 0) is 39.9 Å². The highest BCUT2D eigenvalue weighted by Crippen LogP contribution is 2.47. The van der Waals surface area contributed by atoms with Crippen LogP contribution in [0.15, 0.2) is 90.5 Å². The van der Waals surface area contributed by atoms with Crippen LogP contribution in [0.2, 0.25) is 0 Å². The van der Waals surface area contributed by atoms with Gasteiger partial charge >= 0.3 is 0 Å². The Labute approximate surface area is 277 Å². The number of aromatic hydroxyl groups is 1. The predicted molar refractivity (Wildman–Crippen MR) is 179 cm³/mol. The zero-order chi connectivity index (χ0) is 35.7. The molecule has 16 nitrogen and oxygen atoms in total. The molecule has 4 aromatic rings. The number of sulfone groups is 2. The first-order chi connectivity index (χ1) is 22.3. The summed E-state index contributed by atoms with van der Waals surface area (Å²) < 4.78 is 119. The molecular weight excluding hydrogens is 711 g/mol. The Morgan fingerprint density at radius 2 is 1.17 bits per heavy atom. The van der Waals surface area contributed by atoms with Crippen LogP contribution in [0, 0.1) is 0 Å². The summed E-state index contributed by atoms with van der Waals surface area (Å²) in [6.07, 6.45) is 0.800. The smallest absolute Gasteiger partial charge is 0.296 e. The lowest BCUT2D eigenvalue weighted by molar-refractivity contribution is 0.472. The third kappa shape index (κ3) is 7.85. The minimum absolute atomic E-state index is 0.0176. The summed E-state index contributed by atoms with van der Waals surface area (Å²) in [6, 6.07) is 12.0. The minimum atomic E-state index is -5.14. The fourth-order valence-corrected chi connectivity index (χ4v) is 8.63. The maximum Gasteiger partial charge on any atom is 0.296 e. The van der Waals surface area contributed by atoms with Gasteiger partial charge in [-0.25, -0.2) is 16.8 Å². The summed E-state index contributed by atoms with van der Waals surface area (Å²) in [5, 5.41) is 18.1. The molecule has 0 amide bonds. The van der Waals surface area contributed by atoms with Gasteiger partial charge in [0.1, 0.15) is 15.5 Å². The average molecular weight is 742 g/mol. The number of hydrazine groups is 1. The Morgan fingerprint density at radius 3 is 1.65 bits per heavy atom. The average Bonchev–Trinajstić information content (AvgIpc) is 2.99. The number of nitrogens with two attached hydrogens (primary N) is 1. The van der Waals surface area contributed by atoms with Gasteiger partial charge in [0.15, 0.2) is 25.4 Å². The number of rotatable bonds is 13. The van der Waals surface area contributed by atoms with Crippen LogP contribution < -0.4 is 16.6 Å². The van der Waals surface area contributed by atoms with Crippen molar-refractivity contribution in [3.8, 4) is 5.75 Å². The Hall–Kier alpha value is -4.34. The molecule has 0 aromatic heterocycles. The normalized spacial score (nSPS) is 12.8. The van der Waals surface area contributed by atoms with Gasteiger partial charge in [0.2, 0.25) is 0 Å². The minimum Gasteiger partial charge on any atom is -0.505 e. The zero-order valence-corrected chi connectivity index (χ0v) is 28.6. The largest absolute Gasteiger partial charge is 0.505 e. The van der Waals surface area contributed by atoms with E-state index in [1.165, 1.54) is 48.5 Å². The van der Waals surface area contributed by atoms with Crippen molar-refractivity contribution in [3.63, 3.8) is 0 Å². The quantitative estimate of drug-likeness (QED) is 0.0463. The predicted octanol–water partition coefficient (Wildman–Crippen LogP) is 4.84. The van der Waals surface area contributed by atoms with E-state index in [9.17, 15) is 47.9 Å². The van der Waals surface area contributed by atoms with Gasteiger partial charge in [-0.1, -0.05) is 13.8 Å². The van der Waals surface area contributed by atoms with Crippen LogP contribution in [0.4, 0.5) is 28.4 Å². The molecule has 258 valence electrons. The molecule has 0 fully saturated rings. The fourth-order valence-electron chi connectivity index (χ4n) is 4.63. The van der Waals surface area contributed by atoms with Gasteiger partial charge in [-0.2, -0.15) is 21.9 Å². The maximum atomic E-state index is 12.4. The van der Waals surface area contributed by atoms with Crippen LogP contribution in [0.5, 0.6) is 5.75 Å². The molecule has 7 N–H and O–H groups in total. The zero-order valence-electron chi connectivity index (χ0n) is 25.3. The van der Waals surface area contributed by atoms with Crippen LogP contribution in [0.25, 0.3) is 10.8 Å². The molecule has 0 unspecified atom stereocenters. The van der Waals surface area contributed by atoms with E-state index < -0.39 is 72.5 Å². The Bertz CT molecular complexity index is 2350. The summed E-state index contributed by atoms with van der Waals surface area (Å²) in [4.78, 5) is -1.77. The highest BCUT2D eigenvalue weighted by molar-refractivity contribution is 7.91. The van der Waals surface area contributed by atoms with E-state index in [0.717, 1.165) is 12.1 Å². The molecule has 0 atom stereocenters. The molecular formula is C28H31N5O11S4. The molecule has 20 heteroatoms. The number of fused-ring (bicyclic) bond motifs is 1. The molecule has 4 aromatic carbocycles. The van der Waals surface area contributed by atoms with Crippen LogP contribution >= 0.6 is 0 Å². The van der Waals surface area contributed by atoms with Crippen molar-refractivity contribution in [2.75, 3.05) is 28.1 Å². The first kappa shape index (κ1) is 36.5. The van der Waals surface area contributed by atoms with E-state index in [-0.39, 0.29) is 43.4 Å². The molecule has 0 bridgehead atoms. The first-order valence-corrected chi connectivity index (χ1v) is 20.1. The summed E-state index contributed by atoms with van der Waals surface area (Å²) in [5.74, 6) is -1.10. The van der Waals surface area contributed by atoms with E-state index in [0.29, 0.717) is 12.8 Å². The van der Waals surface area contributed by atoms with Gasteiger partial charge in [0.05, 0.1) is 49.4 Å². The van der Waals surface area contributed by atoms with Gasteiger partial charge in [-0.15, -0.1) is 5.11 Å². The maximum absolute atomic E-state index is 12.4. The van der Waals surface area contributed by atoms with E-state index in [1.54, 1.807) is 13.8 Å². The van der Waals surface area contributed by atoms with E-state index in [2.05, 4.69) is 21.1 Å². The number of hydrogen-bond acceptors (Lipinski definition) is 14. The van der Waals surface area contributed by atoms with Crippen molar-refractivity contribution >= 4 is 79.1 Å². The highest BCUT2D eigenvalue weighted by Gasteiger charge is 2.28. The summed E-state index contributed by atoms with van der Waals surface area (Å²) >= 11 is 0. The second-order valence-electron chi connectivity index (χ2n) is 10.4. The fraction of sp³-hybridized carbons (Fsp3) is 0.214. The molecule has 0 spiro atoms. The number of phenolic OH excluding ortho intramolecular Hbond substituents is 1. The molecule has 0 radical (unpaired) electrons. The van der Waals surface area contributed by atoms with Gasteiger partial charge in [0, 0.05) is 0 Å². The Morgan fingerprint density at radius 1 is 0.688 bits per heavy atom. The Balaban J connectivity index is 1.82. The summed E-state index contributed by atoms with van der Waals surface area (Å²) in [7, 11) is -17.3. The van der Waals surface area contributed by atoms with Crippen molar-refractivity contribution in [2.45, 2.75) is 46.3 Å². The lowest BCUT2D eigenvalue weighted by atomic mass is 10.0. The number of nitrogens with one attached hydrogen (secondary N) is 2. The third-order valence-electron chi connectivity index (χ3n) is 6.85. The number of azo groups is 1. The topological polar surface area (TPSA) is 272 Å². The van der Waals surface area contributed by atoms with E-state index in [4.69, 9.17) is 5.73 Å². The molecule has 0 aliphatic heterocycles. The van der Waals surface area contributed by atoms with Crippen molar-refractivity contribution < 1.29 is 47.9 Å². The number of nitrogen functional groups attached to an aromatic ring is 1. The SMILES string of the molecule is CCCS(=O)(=O)c1ccc(N=Nc2c(S(=O)(=O)O)cc3cc(S(=O)(=O)O)c(NNc4ccc(S(=O)(=O)CCC)cc4)c(N)c3c2O)cc1. The molecule has 4 rings (SSSR count). The number of anilines is 3. The van der Waals surface area contributed by atoms with Crippen molar-refractivity contribution in [1.82, 2.24) is 0 Å². The van der Waals surface area contributed by atoms with E-state index in [1.807, 2.05) is 0 Å². The van der Waals surface area contributed by atoms with Crippen LogP contribution in [-0.4, -0.2) is 59.4 Å². The van der Waals surface area contributed by atoms with Gasteiger partial charge < -0.3 is 16.3 Å². The summed E-state index contributed by atoms with van der Waals surface area (Å²) in [5.41, 5.74) is 9.87. The van der Waals surface area contributed by atoms with Crippen LogP contribution in [0.3, 0.4) is 0 Å². The Kier molecular flexibility index (Phi) is 10.4. The lowest BCUT2D eigenvalue weighted by Gasteiger charge is -2.18. The van der Waals surface area contributed by atoms with Gasteiger partial charge in [-0.05, 0) is 78.9 Å². The number of benzene rings is 4. The van der Waals surface area contributed by atoms with Crippen molar-refractivity contribution in [3.05, 3.63) is 60.7 Å². The second kappa shape index (κ2) is 13.6. The molecule has 0 heterocycles. The van der Waals surface area contributed by atoms with Gasteiger partial charge in [-0.3, -0.25) is 14.5 Å². The molecule has 0 aliphatic carbocycles. The molecule has 0 aliphatic rings. The lowest BCUT2D eigenvalue weighted by Crippen LogP contribution is -2.15. The van der Waals surface area contributed by atoms with Gasteiger partial charge in [0.25, 0.3) is 20.2 Å². The number of nitrogens with zero attached hydrogens (tertiary/aromatic N) is 2. The molecule has 0 saturated heterocycles.